The van der Waals surface area contributed by atoms with E-state index in [1.165, 1.54) is 6.33 Å². The van der Waals surface area contributed by atoms with E-state index in [2.05, 4.69) is 46.4 Å². The van der Waals surface area contributed by atoms with Gasteiger partial charge in [0.15, 0.2) is 11.6 Å². The van der Waals surface area contributed by atoms with E-state index in [1.807, 2.05) is 112 Å². The van der Waals surface area contributed by atoms with E-state index in [4.69, 9.17) is 14.2 Å². The first-order chi connectivity index (χ1) is 37.3. The molecule has 4 heterocycles. The third kappa shape index (κ3) is 17.7. The number of benzene rings is 3. The number of hydrogen-bond acceptors (Lipinski definition) is 14. The fourth-order valence-corrected chi connectivity index (χ4v) is 9.80. The Bertz CT molecular complexity index is 2820. The highest BCUT2D eigenvalue weighted by molar-refractivity contribution is 7.13. The van der Waals surface area contributed by atoms with Crippen LogP contribution in [0.4, 0.5) is 5.69 Å². The van der Waals surface area contributed by atoms with Gasteiger partial charge in [0.05, 0.1) is 42.4 Å². The molecule has 0 bridgehead atoms. The number of amides is 4. The molecule has 6 aromatic rings. The van der Waals surface area contributed by atoms with Gasteiger partial charge in [0, 0.05) is 63.8 Å². The maximum Gasteiger partial charge on any atom is 0.251 e. The fraction of sp³-hybridized carbons (Fsp3) is 0.466. The average molecular weight is 1070 g/mol. The van der Waals surface area contributed by atoms with Crippen molar-refractivity contribution in [3.8, 4) is 27.7 Å². The molecule has 0 radical (unpaired) electrons. The van der Waals surface area contributed by atoms with Gasteiger partial charge in [0.2, 0.25) is 17.7 Å². The highest BCUT2D eigenvalue weighted by Crippen LogP contribution is 2.29. The number of unbranched alkanes of at least 4 members (excludes halogenated alkanes) is 5. The van der Waals surface area contributed by atoms with Gasteiger partial charge in [-0.15, -0.1) is 21.5 Å². The molecule has 1 aliphatic rings. The van der Waals surface area contributed by atoms with Gasteiger partial charge in [0.25, 0.3) is 5.91 Å². The van der Waals surface area contributed by atoms with Crippen molar-refractivity contribution in [2.24, 2.45) is 12.5 Å². The van der Waals surface area contributed by atoms with Crippen molar-refractivity contribution in [2.75, 3.05) is 44.9 Å². The zero-order chi connectivity index (χ0) is 54.4. The molecule has 1 saturated heterocycles. The van der Waals surface area contributed by atoms with Crippen molar-refractivity contribution in [2.45, 2.75) is 124 Å². The number of carbonyl (C=O) groups is 4. The van der Waals surface area contributed by atoms with E-state index >= 15 is 0 Å². The van der Waals surface area contributed by atoms with Crippen LogP contribution in [0.25, 0.3) is 22.0 Å². The SMILES string of the molecule is Cc1ncsc1-c1ccc(CNC(=O)[C@@H]2CCCN2C(=O)[C@@H](NC(=O)CCCCCOCCOCCCCCCOc2cccc(CNC(=O)c3cccc(NCc4nnc(-c5ccncn5)n4C)c3)c2)C(C)(C)C)cc1. The molecule has 18 nitrogen and oxygen atoms in total. The molecule has 0 saturated carbocycles. The van der Waals surface area contributed by atoms with E-state index in [9.17, 15) is 19.2 Å². The van der Waals surface area contributed by atoms with Crippen molar-refractivity contribution in [1.82, 2.24) is 50.6 Å². The summed E-state index contributed by atoms with van der Waals surface area (Å²) in [7, 11) is 1.89. The van der Waals surface area contributed by atoms with Crippen molar-refractivity contribution in [1.29, 1.82) is 0 Å². The number of likely N-dealkylation sites (tertiary alicyclic amines) is 1. The van der Waals surface area contributed by atoms with Crippen LogP contribution in [-0.4, -0.2) is 110 Å². The largest absolute Gasteiger partial charge is 0.494 e. The third-order valence-corrected chi connectivity index (χ3v) is 14.4. The Labute approximate surface area is 456 Å². The summed E-state index contributed by atoms with van der Waals surface area (Å²) in [6.45, 7) is 12.4. The number of rotatable bonds is 30. The van der Waals surface area contributed by atoms with E-state index < -0.39 is 17.5 Å². The predicted molar refractivity (Wildman–Crippen MR) is 298 cm³/mol. The lowest BCUT2D eigenvalue weighted by molar-refractivity contribution is -0.143. The monoisotopic (exact) mass is 1070 g/mol. The Balaban J connectivity index is 0.679. The van der Waals surface area contributed by atoms with E-state index in [-0.39, 0.29) is 23.6 Å². The maximum atomic E-state index is 14.0. The van der Waals surface area contributed by atoms with Crippen molar-refractivity contribution in [3.05, 3.63) is 125 Å². The molecular weight excluding hydrogens is 995 g/mol. The van der Waals surface area contributed by atoms with Crippen LogP contribution < -0.4 is 26.0 Å². The lowest BCUT2D eigenvalue weighted by Gasteiger charge is -2.35. The Morgan fingerprint density at radius 3 is 2.25 bits per heavy atom. The number of carbonyl (C=O) groups excluding carboxylic acids is 4. The first kappa shape index (κ1) is 57.6. The lowest BCUT2D eigenvalue weighted by Crippen LogP contribution is -2.57. The zero-order valence-electron chi connectivity index (χ0n) is 45.2. The molecule has 4 N–H and O–H groups in total. The summed E-state index contributed by atoms with van der Waals surface area (Å²) in [6, 6.07) is 23.7. The molecule has 3 aromatic heterocycles. The molecular formula is C58H75N11O7S. The molecule has 2 atom stereocenters. The molecule has 3 aromatic carbocycles. The van der Waals surface area contributed by atoms with E-state index in [1.54, 1.807) is 34.6 Å². The molecule has 19 heteroatoms. The van der Waals surface area contributed by atoms with Crippen molar-refractivity contribution < 1.29 is 33.4 Å². The first-order valence-electron chi connectivity index (χ1n) is 26.8. The average Bonchev–Trinajstić information content (AvgIpc) is 4.21. The number of nitrogens with zero attached hydrogens (tertiary/aromatic N) is 7. The van der Waals surface area contributed by atoms with Crippen molar-refractivity contribution >= 4 is 40.7 Å². The minimum Gasteiger partial charge on any atom is -0.494 e. The van der Waals surface area contributed by atoms with Crippen LogP contribution in [0.3, 0.4) is 0 Å². The molecule has 4 amide bonds. The second-order valence-corrected chi connectivity index (χ2v) is 21.2. The highest BCUT2D eigenvalue weighted by Gasteiger charge is 2.41. The number of thiazole rings is 1. The molecule has 0 unspecified atom stereocenters. The predicted octanol–water partition coefficient (Wildman–Crippen LogP) is 8.62. The van der Waals surface area contributed by atoms with Gasteiger partial charge in [-0.05, 0) is 110 Å². The molecule has 1 fully saturated rings. The van der Waals surface area contributed by atoms with Gasteiger partial charge in [-0.2, -0.15) is 0 Å². The Hall–Kier alpha value is -7.09. The number of nitrogens with one attached hydrogen (secondary N) is 4. The van der Waals surface area contributed by atoms with Gasteiger partial charge >= 0.3 is 0 Å². The van der Waals surface area contributed by atoms with Gasteiger partial charge in [-0.1, -0.05) is 76.1 Å². The third-order valence-electron chi connectivity index (χ3n) is 13.4. The smallest absolute Gasteiger partial charge is 0.251 e. The normalized spacial score (nSPS) is 13.8. The summed E-state index contributed by atoms with van der Waals surface area (Å²) < 4.78 is 19.5. The van der Waals surface area contributed by atoms with E-state index in [0.717, 1.165) is 89.5 Å². The van der Waals surface area contributed by atoms with Gasteiger partial charge in [-0.25, -0.2) is 15.0 Å². The fourth-order valence-electron chi connectivity index (χ4n) is 8.99. The van der Waals surface area contributed by atoms with Crippen LogP contribution in [0.15, 0.2) is 96.9 Å². The van der Waals surface area contributed by atoms with Crippen LogP contribution >= 0.6 is 11.3 Å². The molecule has 410 valence electrons. The van der Waals surface area contributed by atoms with Crippen LogP contribution in [-0.2, 0) is 50.5 Å². The van der Waals surface area contributed by atoms with Crippen LogP contribution in [0.1, 0.15) is 118 Å². The van der Waals surface area contributed by atoms with Gasteiger partial charge in [-0.3, -0.25) is 19.2 Å². The molecule has 0 spiro atoms. The van der Waals surface area contributed by atoms with Gasteiger partial charge < -0.3 is 44.9 Å². The molecule has 1 aliphatic heterocycles. The minimum atomic E-state index is -0.745. The summed E-state index contributed by atoms with van der Waals surface area (Å²) in [5, 5.41) is 21.0. The van der Waals surface area contributed by atoms with Gasteiger partial charge in [0.1, 0.15) is 29.9 Å². The summed E-state index contributed by atoms with van der Waals surface area (Å²) >= 11 is 1.60. The first-order valence-corrected chi connectivity index (χ1v) is 27.7. The lowest BCUT2D eigenvalue weighted by atomic mass is 9.85. The summed E-state index contributed by atoms with van der Waals surface area (Å²) in [4.78, 5) is 68.9. The zero-order valence-corrected chi connectivity index (χ0v) is 46.0. The molecule has 0 aliphatic carbocycles. The Morgan fingerprint density at radius 2 is 1.52 bits per heavy atom. The Kier molecular flexibility index (Phi) is 22.0. The number of ether oxygens (including phenoxy) is 3. The highest BCUT2D eigenvalue weighted by atomic mass is 32.1. The number of aromatic nitrogens is 6. The quantitative estimate of drug-likeness (QED) is 0.0311. The second kappa shape index (κ2) is 29.4. The number of anilines is 1. The number of aryl methyl sites for hydroxylation is 1. The van der Waals surface area contributed by atoms with Crippen LogP contribution in [0, 0.1) is 12.3 Å². The standard InChI is InChI=1S/C58H75N11O7S/c1-41-52(77-40-64-41)44-24-22-42(23-25-44)36-62-56(72)49-20-15-28-69(49)57(73)53(58(2,3)4)65-51(70)21-9-8-11-30-75-33-32-74-29-10-6-7-12-31-76-47-19-13-16-43(34-47)37-61-55(71)45-17-14-18-46(35-45)60-38-50-66-67-54(68(50)5)48-26-27-59-39-63-48/h13-14,16-19,22-27,34-35,39-40,49,53,60H,6-12,15,20-21,28-33,36-38H2,1-5H3,(H,61,71)(H,62,72)(H,65,70)/t49-,53+/m0/s1. The second-order valence-electron chi connectivity index (χ2n) is 20.4. The number of hydrogen-bond donors (Lipinski definition) is 4. The van der Waals surface area contributed by atoms with Crippen LogP contribution in [0.2, 0.25) is 0 Å². The summed E-state index contributed by atoms with van der Waals surface area (Å²) in [5.41, 5.74) is 7.33. The van der Waals surface area contributed by atoms with Crippen molar-refractivity contribution in [3.63, 3.8) is 0 Å². The minimum absolute atomic E-state index is 0.164. The summed E-state index contributed by atoms with van der Waals surface area (Å²) in [5.74, 6) is 1.41. The molecule has 77 heavy (non-hydrogen) atoms. The topological polar surface area (TPSA) is 217 Å². The van der Waals surface area contributed by atoms with Crippen LogP contribution in [0.5, 0.6) is 5.75 Å². The Morgan fingerprint density at radius 1 is 0.779 bits per heavy atom. The van der Waals surface area contributed by atoms with E-state index in [0.29, 0.717) is 95.6 Å². The summed E-state index contributed by atoms with van der Waals surface area (Å²) in [6.07, 6.45) is 11.1. The molecule has 7 rings (SSSR count). The maximum absolute atomic E-state index is 14.0.